The van der Waals surface area contributed by atoms with E-state index in [1.165, 1.54) is 5.56 Å². The second-order valence-corrected chi connectivity index (χ2v) is 5.64. The zero-order chi connectivity index (χ0) is 14.1. The Labute approximate surface area is 117 Å². The molecule has 5 nitrogen and oxygen atoms in total. The van der Waals surface area contributed by atoms with Crippen molar-refractivity contribution < 1.29 is 9.59 Å². The maximum atomic E-state index is 12.2. The third kappa shape index (κ3) is 2.54. The molecule has 1 heterocycles. The lowest BCUT2D eigenvalue weighted by atomic mass is 9.94. The van der Waals surface area contributed by atoms with Crippen LogP contribution in [0.4, 0.5) is 0 Å². The van der Waals surface area contributed by atoms with E-state index in [1.807, 2.05) is 18.2 Å². The average molecular weight is 273 g/mol. The Morgan fingerprint density at radius 3 is 2.55 bits per heavy atom. The Hall–Kier alpha value is -1.88. The molecular weight excluding hydrogens is 254 g/mol. The molecule has 1 aromatic rings. The smallest absolute Gasteiger partial charge is 0.225 e. The van der Waals surface area contributed by atoms with Gasteiger partial charge in [0.15, 0.2) is 0 Å². The highest BCUT2D eigenvalue weighted by molar-refractivity contribution is 5.88. The molecule has 1 aliphatic heterocycles. The molecule has 1 saturated heterocycles. The first-order valence-electron chi connectivity index (χ1n) is 7.02. The molecule has 106 valence electrons. The molecule has 1 aromatic carbocycles. The van der Waals surface area contributed by atoms with Crippen LogP contribution in [0.2, 0.25) is 0 Å². The van der Waals surface area contributed by atoms with E-state index in [0.717, 1.165) is 6.42 Å². The number of carbonyl (C=O) groups excluding carboxylic acids is 2. The van der Waals surface area contributed by atoms with Crippen LogP contribution < -0.4 is 16.4 Å². The van der Waals surface area contributed by atoms with Gasteiger partial charge in [-0.05, 0) is 12.0 Å². The molecule has 2 unspecified atom stereocenters. The highest BCUT2D eigenvalue weighted by Gasteiger charge is 2.43. The summed E-state index contributed by atoms with van der Waals surface area (Å²) in [5, 5.41) is 6.10. The van der Waals surface area contributed by atoms with Crippen LogP contribution in [0.3, 0.4) is 0 Å². The van der Waals surface area contributed by atoms with Crippen molar-refractivity contribution in [3.63, 3.8) is 0 Å². The van der Waals surface area contributed by atoms with Gasteiger partial charge in [0.05, 0.1) is 11.8 Å². The molecular formula is C15H19N3O2. The van der Waals surface area contributed by atoms with Gasteiger partial charge in [-0.1, -0.05) is 30.3 Å². The maximum absolute atomic E-state index is 12.2. The lowest BCUT2D eigenvalue weighted by molar-refractivity contribution is -0.131. The van der Waals surface area contributed by atoms with Gasteiger partial charge >= 0.3 is 0 Å². The topological polar surface area (TPSA) is 84.2 Å². The van der Waals surface area contributed by atoms with Crippen LogP contribution in [-0.4, -0.2) is 30.9 Å². The quantitative estimate of drug-likeness (QED) is 0.721. The first-order chi connectivity index (χ1) is 9.66. The summed E-state index contributed by atoms with van der Waals surface area (Å²) >= 11 is 0. The van der Waals surface area contributed by atoms with Crippen LogP contribution in [0, 0.1) is 11.8 Å². The second kappa shape index (κ2) is 5.25. The van der Waals surface area contributed by atoms with Crippen molar-refractivity contribution in [2.24, 2.45) is 17.6 Å². The summed E-state index contributed by atoms with van der Waals surface area (Å²) in [6.07, 6.45) is 0.969. The Bertz CT molecular complexity index is 517. The van der Waals surface area contributed by atoms with Crippen molar-refractivity contribution in [2.75, 3.05) is 13.1 Å². The summed E-state index contributed by atoms with van der Waals surface area (Å²) in [5.41, 5.74) is 6.59. The minimum absolute atomic E-state index is 0.0535. The van der Waals surface area contributed by atoms with Crippen LogP contribution in [0.1, 0.15) is 17.9 Å². The fraction of sp³-hybridized carbons (Fsp3) is 0.467. The fourth-order valence-electron chi connectivity index (χ4n) is 2.97. The van der Waals surface area contributed by atoms with E-state index in [9.17, 15) is 9.59 Å². The van der Waals surface area contributed by atoms with E-state index in [1.54, 1.807) is 0 Å². The van der Waals surface area contributed by atoms with Crippen LogP contribution in [0.15, 0.2) is 30.3 Å². The fourth-order valence-corrected chi connectivity index (χ4v) is 2.97. The standard InChI is InChI=1S/C15H19N3O2/c16-14(19)11-7-17-8-12(11)15(20)18-13-6-10(13)9-4-2-1-3-5-9/h1-5,10-13,17H,6-8H2,(H2,16,19)(H,18,20)/t10-,11?,12?,13+/m1/s1. The van der Waals surface area contributed by atoms with Crippen LogP contribution in [-0.2, 0) is 9.59 Å². The van der Waals surface area contributed by atoms with Gasteiger partial charge in [0.1, 0.15) is 0 Å². The van der Waals surface area contributed by atoms with Gasteiger partial charge in [0.25, 0.3) is 0 Å². The molecule has 1 aliphatic carbocycles. The molecule has 1 saturated carbocycles. The van der Waals surface area contributed by atoms with Crippen molar-refractivity contribution in [3.8, 4) is 0 Å². The summed E-state index contributed by atoms with van der Waals surface area (Å²) in [6, 6.07) is 10.4. The van der Waals surface area contributed by atoms with E-state index in [-0.39, 0.29) is 23.8 Å². The van der Waals surface area contributed by atoms with Crippen molar-refractivity contribution in [3.05, 3.63) is 35.9 Å². The number of rotatable bonds is 4. The minimum Gasteiger partial charge on any atom is -0.369 e. The molecule has 0 spiro atoms. The maximum Gasteiger partial charge on any atom is 0.225 e. The Balaban J connectivity index is 1.57. The van der Waals surface area contributed by atoms with Gasteiger partial charge in [-0.25, -0.2) is 0 Å². The third-order valence-corrected chi connectivity index (χ3v) is 4.26. The molecule has 4 atom stereocenters. The predicted octanol–water partition coefficient (Wildman–Crippen LogP) is -0.0204. The minimum atomic E-state index is -0.398. The molecule has 0 bridgehead atoms. The Kier molecular flexibility index (Phi) is 3.44. The second-order valence-electron chi connectivity index (χ2n) is 5.64. The zero-order valence-electron chi connectivity index (χ0n) is 11.2. The lowest BCUT2D eigenvalue weighted by Gasteiger charge is -2.15. The number of benzene rings is 1. The molecule has 0 aromatic heterocycles. The van der Waals surface area contributed by atoms with Gasteiger partial charge < -0.3 is 16.4 Å². The lowest BCUT2D eigenvalue weighted by Crippen LogP contribution is -2.40. The zero-order valence-corrected chi connectivity index (χ0v) is 11.2. The number of hydrogen-bond donors (Lipinski definition) is 3. The highest BCUT2D eigenvalue weighted by atomic mass is 16.2. The average Bonchev–Trinajstić information content (AvgIpc) is 3.02. The number of carbonyl (C=O) groups is 2. The number of amides is 2. The van der Waals surface area contributed by atoms with Crippen LogP contribution >= 0.6 is 0 Å². The number of nitrogens with one attached hydrogen (secondary N) is 2. The first kappa shape index (κ1) is 13.1. The number of nitrogens with two attached hydrogens (primary N) is 1. The Morgan fingerprint density at radius 1 is 1.15 bits per heavy atom. The van der Waals surface area contributed by atoms with E-state index in [4.69, 9.17) is 5.73 Å². The van der Waals surface area contributed by atoms with Crippen LogP contribution in [0.25, 0.3) is 0 Å². The number of hydrogen-bond acceptors (Lipinski definition) is 3. The number of primary amides is 1. The van der Waals surface area contributed by atoms with Gasteiger partial charge in [-0.2, -0.15) is 0 Å². The van der Waals surface area contributed by atoms with E-state index in [0.29, 0.717) is 19.0 Å². The monoisotopic (exact) mass is 273 g/mol. The van der Waals surface area contributed by atoms with E-state index < -0.39 is 5.91 Å². The SMILES string of the molecule is NC(=O)C1CNCC1C(=O)N[C@H]1C[C@@H]1c1ccccc1. The van der Waals surface area contributed by atoms with Crippen molar-refractivity contribution in [1.29, 1.82) is 0 Å². The largest absolute Gasteiger partial charge is 0.369 e. The molecule has 20 heavy (non-hydrogen) atoms. The van der Waals surface area contributed by atoms with Gasteiger partial charge in [-0.15, -0.1) is 0 Å². The van der Waals surface area contributed by atoms with E-state index in [2.05, 4.69) is 22.8 Å². The third-order valence-electron chi connectivity index (χ3n) is 4.26. The van der Waals surface area contributed by atoms with Crippen molar-refractivity contribution >= 4 is 11.8 Å². The summed E-state index contributed by atoms with van der Waals surface area (Å²) in [6.45, 7) is 1.03. The predicted molar refractivity (Wildman–Crippen MR) is 74.8 cm³/mol. The van der Waals surface area contributed by atoms with Crippen molar-refractivity contribution in [2.45, 2.75) is 18.4 Å². The summed E-state index contributed by atoms with van der Waals surface area (Å²) in [5.74, 6) is -0.761. The Morgan fingerprint density at radius 2 is 1.85 bits per heavy atom. The van der Waals surface area contributed by atoms with Gasteiger partial charge in [0.2, 0.25) is 11.8 Å². The molecule has 4 N–H and O–H groups in total. The normalized spacial score (nSPS) is 31.8. The summed E-state index contributed by atoms with van der Waals surface area (Å²) < 4.78 is 0. The van der Waals surface area contributed by atoms with Crippen LogP contribution in [0.5, 0.6) is 0 Å². The van der Waals surface area contributed by atoms with E-state index >= 15 is 0 Å². The highest BCUT2D eigenvalue weighted by Crippen LogP contribution is 2.40. The molecule has 0 radical (unpaired) electrons. The molecule has 2 amide bonds. The molecule has 2 aliphatic rings. The summed E-state index contributed by atoms with van der Waals surface area (Å²) in [7, 11) is 0. The molecule has 3 rings (SSSR count). The van der Waals surface area contributed by atoms with Gasteiger partial charge in [-0.3, -0.25) is 9.59 Å². The molecule has 2 fully saturated rings. The summed E-state index contributed by atoms with van der Waals surface area (Å²) in [4.78, 5) is 23.5. The first-order valence-corrected chi connectivity index (χ1v) is 7.02. The van der Waals surface area contributed by atoms with Crippen molar-refractivity contribution in [1.82, 2.24) is 10.6 Å². The molecule has 5 heteroatoms. The van der Waals surface area contributed by atoms with Gasteiger partial charge in [0, 0.05) is 25.0 Å².